The summed E-state index contributed by atoms with van der Waals surface area (Å²) in [5.41, 5.74) is 0. The molecule has 0 bridgehead atoms. The number of hydrogen-bond acceptors (Lipinski definition) is 4. The Morgan fingerprint density at radius 2 is 2.41 bits per heavy atom. The fraction of sp³-hybridized carbons (Fsp3) is 0.692. The Hall–Kier alpha value is -0.840. The van der Waals surface area contributed by atoms with Crippen LogP contribution in [0.2, 0.25) is 0 Å². The smallest absolute Gasteiger partial charge is 0.117 e. The zero-order chi connectivity index (χ0) is 12.1. The van der Waals surface area contributed by atoms with Crippen LogP contribution in [0.3, 0.4) is 0 Å². The van der Waals surface area contributed by atoms with Gasteiger partial charge in [0.15, 0.2) is 0 Å². The van der Waals surface area contributed by atoms with Crippen molar-refractivity contribution in [1.29, 1.82) is 0 Å². The third kappa shape index (κ3) is 4.15. The molecular weight excluding hydrogens is 216 g/mol. The highest BCUT2D eigenvalue weighted by Crippen LogP contribution is 2.07. The molecule has 1 saturated heterocycles. The SMILES string of the molecule is Cc1ccc(CNC(C)CC2COCCN2)o1. The summed E-state index contributed by atoms with van der Waals surface area (Å²) in [5, 5.41) is 6.93. The maximum absolute atomic E-state index is 5.52. The van der Waals surface area contributed by atoms with E-state index in [0.717, 1.165) is 44.2 Å². The molecule has 2 rings (SSSR count). The van der Waals surface area contributed by atoms with Crippen LogP contribution in [0.1, 0.15) is 24.9 Å². The van der Waals surface area contributed by atoms with E-state index in [0.29, 0.717) is 12.1 Å². The van der Waals surface area contributed by atoms with Gasteiger partial charge in [0.2, 0.25) is 0 Å². The third-order valence-corrected chi connectivity index (χ3v) is 3.06. The molecule has 0 saturated carbocycles. The molecule has 0 spiro atoms. The van der Waals surface area contributed by atoms with Crippen molar-refractivity contribution in [2.24, 2.45) is 0 Å². The average Bonchev–Trinajstić information content (AvgIpc) is 2.74. The lowest BCUT2D eigenvalue weighted by atomic mass is 10.1. The highest BCUT2D eigenvalue weighted by atomic mass is 16.5. The molecule has 0 radical (unpaired) electrons. The summed E-state index contributed by atoms with van der Waals surface area (Å²) in [4.78, 5) is 0. The first kappa shape index (κ1) is 12.6. The summed E-state index contributed by atoms with van der Waals surface area (Å²) in [6.07, 6.45) is 1.08. The van der Waals surface area contributed by atoms with Gasteiger partial charge in [-0.1, -0.05) is 0 Å². The third-order valence-electron chi connectivity index (χ3n) is 3.06. The van der Waals surface area contributed by atoms with E-state index in [1.807, 2.05) is 19.1 Å². The standard InChI is InChI=1S/C13H22N2O2/c1-10(7-12-9-16-6-5-14-12)15-8-13-4-3-11(2)17-13/h3-4,10,12,14-15H,5-9H2,1-2H3. The lowest BCUT2D eigenvalue weighted by Gasteiger charge is -2.26. The first-order valence-corrected chi connectivity index (χ1v) is 6.34. The molecule has 0 aromatic carbocycles. The Morgan fingerprint density at radius 3 is 3.06 bits per heavy atom. The van der Waals surface area contributed by atoms with Crippen LogP contribution in [0.4, 0.5) is 0 Å². The molecule has 4 heteroatoms. The van der Waals surface area contributed by atoms with Crippen LogP contribution < -0.4 is 10.6 Å². The van der Waals surface area contributed by atoms with Crippen molar-refractivity contribution in [3.05, 3.63) is 23.7 Å². The number of nitrogens with one attached hydrogen (secondary N) is 2. The molecule has 1 aromatic rings. The summed E-state index contributed by atoms with van der Waals surface area (Å²) in [6, 6.07) is 4.96. The predicted octanol–water partition coefficient (Wildman–Crippen LogP) is 1.44. The Labute approximate surface area is 103 Å². The molecule has 1 aliphatic heterocycles. The normalized spacial score (nSPS) is 22.6. The van der Waals surface area contributed by atoms with Crippen LogP contribution in [-0.4, -0.2) is 31.8 Å². The van der Waals surface area contributed by atoms with Gasteiger partial charge in [0.05, 0.1) is 19.8 Å². The first-order valence-electron chi connectivity index (χ1n) is 6.34. The van der Waals surface area contributed by atoms with Crippen LogP contribution in [0.15, 0.2) is 16.5 Å². The van der Waals surface area contributed by atoms with Crippen LogP contribution in [-0.2, 0) is 11.3 Å². The Morgan fingerprint density at radius 1 is 1.53 bits per heavy atom. The summed E-state index contributed by atoms with van der Waals surface area (Å²) < 4.78 is 11.0. The topological polar surface area (TPSA) is 46.4 Å². The Balaban J connectivity index is 1.68. The van der Waals surface area contributed by atoms with E-state index in [1.165, 1.54) is 0 Å². The van der Waals surface area contributed by atoms with Crippen molar-refractivity contribution < 1.29 is 9.15 Å². The lowest BCUT2D eigenvalue weighted by Crippen LogP contribution is -2.44. The molecule has 1 aliphatic rings. The number of ether oxygens (including phenoxy) is 1. The van der Waals surface area contributed by atoms with E-state index in [4.69, 9.17) is 9.15 Å². The number of morpholine rings is 1. The number of furan rings is 1. The highest BCUT2D eigenvalue weighted by Gasteiger charge is 2.16. The van der Waals surface area contributed by atoms with Gasteiger partial charge in [0, 0.05) is 18.6 Å². The fourth-order valence-electron chi connectivity index (χ4n) is 2.14. The fourth-order valence-corrected chi connectivity index (χ4v) is 2.14. The van der Waals surface area contributed by atoms with Crippen molar-refractivity contribution >= 4 is 0 Å². The van der Waals surface area contributed by atoms with Crippen LogP contribution in [0.25, 0.3) is 0 Å². The van der Waals surface area contributed by atoms with Gasteiger partial charge in [0.1, 0.15) is 11.5 Å². The number of hydrogen-bond donors (Lipinski definition) is 2. The second-order valence-corrected chi connectivity index (χ2v) is 4.76. The molecule has 17 heavy (non-hydrogen) atoms. The Bertz CT molecular complexity index is 332. The van der Waals surface area contributed by atoms with E-state index in [-0.39, 0.29) is 0 Å². The second-order valence-electron chi connectivity index (χ2n) is 4.76. The van der Waals surface area contributed by atoms with Crippen LogP contribution in [0.5, 0.6) is 0 Å². The van der Waals surface area contributed by atoms with E-state index in [9.17, 15) is 0 Å². The summed E-state index contributed by atoms with van der Waals surface area (Å²) in [6.45, 7) is 7.59. The van der Waals surface area contributed by atoms with Gasteiger partial charge in [0.25, 0.3) is 0 Å². The van der Waals surface area contributed by atoms with Crippen molar-refractivity contribution in [2.75, 3.05) is 19.8 Å². The molecule has 2 heterocycles. The summed E-state index contributed by atoms with van der Waals surface area (Å²) in [5.74, 6) is 1.97. The number of rotatable bonds is 5. The minimum absolute atomic E-state index is 0.458. The first-order chi connectivity index (χ1) is 8.24. The number of aryl methyl sites for hydroxylation is 1. The Kier molecular flexibility index (Phi) is 4.59. The maximum Gasteiger partial charge on any atom is 0.117 e. The zero-order valence-electron chi connectivity index (χ0n) is 10.7. The highest BCUT2D eigenvalue weighted by molar-refractivity contribution is 5.05. The van der Waals surface area contributed by atoms with Crippen molar-refractivity contribution in [1.82, 2.24) is 10.6 Å². The maximum atomic E-state index is 5.52. The minimum atomic E-state index is 0.458. The van der Waals surface area contributed by atoms with Gasteiger partial charge in [-0.15, -0.1) is 0 Å². The van der Waals surface area contributed by atoms with Gasteiger partial charge in [-0.25, -0.2) is 0 Å². The van der Waals surface area contributed by atoms with Crippen molar-refractivity contribution in [3.63, 3.8) is 0 Å². The summed E-state index contributed by atoms with van der Waals surface area (Å²) >= 11 is 0. The monoisotopic (exact) mass is 238 g/mol. The zero-order valence-corrected chi connectivity index (χ0v) is 10.7. The predicted molar refractivity (Wildman–Crippen MR) is 67.0 cm³/mol. The van der Waals surface area contributed by atoms with Crippen molar-refractivity contribution in [3.8, 4) is 0 Å². The van der Waals surface area contributed by atoms with E-state index < -0.39 is 0 Å². The molecule has 1 fully saturated rings. The molecule has 0 aliphatic carbocycles. The molecule has 2 N–H and O–H groups in total. The molecule has 0 amide bonds. The quantitative estimate of drug-likeness (QED) is 0.815. The van der Waals surface area contributed by atoms with Gasteiger partial charge >= 0.3 is 0 Å². The lowest BCUT2D eigenvalue weighted by molar-refractivity contribution is 0.0711. The van der Waals surface area contributed by atoms with Crippen LogP contribution in [0, 0.1) is 6.92 Å². The van der Waals surface area contributed by atoms with Crippen molar-refractivity contribution in [2.45, 2.75) is 38.9 Å². The largest absolute Gasteiger partial charge is 0.465 e. The van der Waals surface area contributed by atoms with Gasteiger partial charge in [-0.2, -0.15) is 0 Å². The average molecular weight is 238 g/mol. The molecule has 2 unspecified atom stereocenters. The second kappa shape index (κ2) is 6.19. The molecule has 1 aromatic heterocycles. The molecular formula is C13H22N2O2. The molecule has 96 valence electrons. The van der Waals surface area contributed by atoms with E-state index in [1.54, 1.807) is 0 Å². The van der Waals surface area contributed by atoms with Gasteiger partial charge in [-0.05, 0) is 32.4 Å². The minimum Gasteiger partial charge on any atom is -0.465 e. The van der Waals surface area contributed by atoms with Gasteiger partial charge < -0.3 is 19.8 Å². The summed E-state index contributed by atoms with van der Waals surface area (Å²) in [7, 11) is 0. The van der Waals surface area contributed by atoms with E-state index >= 15 is 0 Å². The van der Waals surface area contributed by atoms with Gasteiger partial charge in [-0.3, -0.25) is 0 Å². The van der Waals surface area contributed by atoms with E-state index in [2.05, 4.69) is 17.6 Å². The molecule has 4 nitrogen and oxygen atoms in total. The van der Waals surface area contributed by atoms with Crippen LogP contribution >= 0.6 is 0 Å². The molecule has 2 atom stereocenters.